The highest BCUT2D eigenvalue weighted by molar-refractivity contribution is 6.26. The molecule has 1 heteroatoms. The molecule has 0 fully saturated rings. The highest BCUT2D eigenvalue weighted by Crippen LogP contribution is 2.47. The van der Waals surface area contributed by atoms with Crippen LogP contribution in [-0.4, -0.2) is 0 Å². The quantitative estimate of drug-likeness (QED) is 0.199. The molecule has 8 aromatic carbocycles. The Morgan fingerprint density at radius 3 is 1.70 bits per heavy atom. The number of furan rings is 1. The third-order valence-electron chi connectivity index (χ3n) is 8.55. The molecule has 0 spiro atoms. The van der Waals surface area contributed by atoms with Gasteiger partial charge in [-0.1, -0.05) is 152 Å². The van der Waals surface area contributed by atoms with Gasteiger partial charge in [0, 0.05) is 16.3 Å². The minimum absolute atomic E-state index is 0.201. The highest BCUT2D eigenvalue weighted by atomic mass is 16.3. The fourth-order valence-electron chi connectivity index (χ4n) is 6.79. The largest absolute Gasteiger partial charge is 0.455 e. The molecule has 9 aromatic rings. The van der Waals surface area contributed by atoms with Crippen molar-refractivity contribution in [2.45, 2.75) is 0 Å². The molecule has 0 N–H and O–H groups in total. The van der Waals surface area contributed by atoms with E-state index in [1.54, 1.807) is 0 Å². The second-order valence-electron chi connectivity index (χ2n) is 10.8. The summed E-state index contributed by atoms with van der Waals surface area (Å²) >= 11 is 0. The molecule has 0 radical (unpaired) electrons. The molecule has 0 saturated carbocycles. The fourth-order valence-corrected chi connectivity index (χ4v) is 6.79. The first-order valence-electron chi connectivity index (χ1n) is 16.9. The molecule has 9 rings (SSSR count). The molecule has 0 unspecified atom stereocenters. The van der Waals surface area contributed by atoms with E-state index in [-0.39, 0.29) is 29.7 Å². The predicted octanol–water partition coefficient (Wildman–Crippen LogP) is 12.0. The second-order valence-corrected chi connectivity index (χ2v) is 10.8. The number of hydrogen-bond donors (Lipinski definition) is 0. The molecular weight excluding hydrogens is 520 g/mol. The van der Waals surface area contributed by atoms with Gasteiger partial charge in [0.1, 0.15) is 11.2 Å². The van der Waals surface area contributed by atoms with Crippen LogP contribution >= 0.6 is 0 Å². The van der Waals surface area contributed by atoms with Crippen LogP contribution in [-0.2, 0) is 0 Å². The van der Waals surface area contributed by atoms with Crippen LogP contribution < -0.4 is 0 Å². The van der Waals surface area contributed by atoms with Gasteiger partial charge < -0.3 is 4.42 Å². The Hall–Kier alpha value is -5.66. The summed E-state index contributed by atoms with van der Waals surface area (Å²) in [6.45, 7) is 0. The van der Waals surface area contributed by atoms with E-state index in [0.29, 0.717) is 5.56 Å². The monoisotopic (exact) mass is 551 g/mol. The summed E-state index contributed by atoms with van der Waals surface area (Å²) in [7, 11) is 0. The average molecular weight is 552 g/mol. The molecule has 1 aromatic heterocycles. The van der Waals surface area contributed by atoms with E-state index >= 15 is 0 Å². The van der Waals surface area contributed by atoms with E-state index in [9.17, 15) is 0 Å². The smallest absolute Gasteiger partial charge is 0.143 e. The Morgan fingerprint density at radius 2 is 0.953 bits per heavy atom. The number of rotatable bonds is 3. The van der Waals surface area contributed by atoms with Crippen molar-refractivity contribution in [3.05, 3.63) is 158 Å². The zero-order valence-electron chi connectivity index (χ0n) is 28.0. The van der Waals surface area contributed by atoms with Crippen LogP contribution in [0.2, 0.25) is 0 Å². The first kappa shape index (κ1) is 19.5. The van der Waals surface area contributed by atoms with Gasteiger partial charge in [-0.3, -0.25) is 0 Å². The molecule has 43 heavy (non-hydrogen) atoms. The molecule has 0 aliphatic rings. The van der Waals surface area contributed by atoms with Crippen LogP contribution in [0.3, 0.4) is 0 Å². The van der Waals surface area contributed by atoms with Crippen molar-refractivity contribution in [3.8, 4) is 33.4 Å². The number of hydrogen-bond acceptors (Lipinski definition) is 1. The molecule has 0 aliphatic heterocycles. The van der Waals surface area contributed by atoms with E-state index in [1.807, 2.05) is 48.5 Å². The Kier molecular flexibility index (Phi) is 4.27. The summed E-state index contributed by atoms with van der Waals surface area (Å²) < 4.78 is 49.5. The van der Waals surface area contributed by atoms with Crippen molar-refractivity contribution in [1.82, 2.24) is 0 Å². The Bertz CT molecular complexity index is 2700. The normalized spacial score (nSPS) is 13.3. The maximum atomic E-state index is 8.87. The molecule has 0 aliphatic carbocycles. The molecule has 0 amide bonds. The first-order chi connectivity index (χ1) is 23.4. The standard InChI is InChI=1S/C42H26O/c1-2-14-28(15-3-1)39-31-18-6-8-20-33(31)40(34-21-9-7-19-32(34)39)36-24-12-26-38-41(36)37-25-11-23-35(42(37)43-38)30-22-10-16-27-13-4-5-17-29(27)30/h1-26H/i1D,2D,3D,14D,15D. The minimum atomic E-state index is -0.402. The van der Waals surface area contributed by atoms with Gasteiger partial charge in [0.2, 0.25) is 0 Å². The molecule has 0 bridgehead atoms. The summed E-state index contributed by atoms with van der Waals surface area (Å²) in [5.41, 5.74) is 6.56. The van der Waals surface area contributed by atoms with Crippen LogP contribution in [0.25, 0.3) is 87.6 Å². The van der Waals surface area contributed by atoms with Crippen LogP contribution in [0.15, 0.2) is 162 Å². The van der Waals surface area contributed by atoms with Gasteiger partial charge >= 0.3 is 0 Å². The summed E-state index contributed by atoms with van der Waals surface area (Å²) in [6.07, 6.45) is 0. The molecular formula is C42H26O. The van der Waals surface area contributed by atoms with Crippen molar-refractivity contribution in [2.24, 2.45) is 0 Å². The van der Waals surface area contributed by atoms with Crippen molar-refractivity contribution < 1.29 is 11.3 Å². The van der Waals surface area contributed by atoms with Crippen LogP contribution in [0.5, 0.6) is 0 Å². The molecule has 1 nitrogen and oxygen atoms in total. The molecule has 0 atom stereocenters. The number of fused-ring (bicyclic) bond motifs is 6. The second kappa shape index (κ2) is 9.44. The van der Waals surface area contributed by atoms with Crippen molar-refractivity contribution in [2.75, 3.05) is 0 Å². The van der Waals surface area contributed by atoms with Gasteiger partial charge in [-0.25, -0.2) is 0 Å². The lowest BCUT2D eigenvalue weighted by Crippen LogP contribution is -1.91. The van der Waals surface area contributed by atoms with Crippen LogP contribution in [0, 0.1) is 0 Å². The Morgan fingerprint density at radius 1 is 0.419 bits per heavy atom. The third-order valence-corrected chi connectivity index (χ3v) is 8.55. The first-order valence-corrected chi connectivity index (χ1v) is 14.4. The minimum Gasteiger partial charge on any atom is -0.455 e. The zero-order valence-corrected chi connectivity index (χ0v) is 23.0. The average Bonchev–Trinajstić information content (AvgIpc) is 3.52. The fraction of sp³-hybridized carbons (Fsp3) is 0. The van der Waals surface area contributed by atoms with E-state index in [1.165, 1.54) is 5.39 Å². The van der Waals surface area contributed by atoms with Crippen molar-refractivity contribution in [3.63, 3.8) is 0 Å². The van der Waals surface area contributed by atoms with E-state index in [0.717, 1.165) is 71.1 Å². The molecule has 200 valence electrons. The summed E-state index contributed by atoms with van der Waals surface area (Å²) in [4.78, 5) is 0. The SMILES string of the molecule is [2H]c1c([2H])c([2H])c(-c2c3ccccc3c(-c3cccc4oc5c(-c6cccc7ccccc67)cccc5c34)c3ccccc23)c([2H])c1[2H]. The highest BCUT2D eigenvalue weighted by Gasteiger charge is 2.21. The lowest BCUT2D eigenvalue weighted by atomic mass is 9.85. The van der Waals surface area contributed by atoms with E-state index in [4.69, 9.17) is 11.3 Å². The van der Waals surface area contributed by atoms with E-state index < -0.39 is 6.04 Å². The van der Waals surface area contributed by atoms with Gasteiger partial charge in [-0.15, -0.1) is 0 Å². The summed E-state index contributed by atoms with van der Waals surface area (Å²) in [6, 6.07) is 41.6. The lowest BCUT2D eigenvalue weighted by Gasteiger charge is -2.18. The number of para-hydroxylation sites is 1. The Balaban J connectivity index is 1.40. The van der Waals surface area contributed by atoms with Gasteiger partial charge in [-0.2, -0.15) is 0 Å². The Labute approximate surface area is 256 Å². The maximum absolute atomic E-state index is 8.87. The van der Waals surface area contributed by atoms with Gasteiger partial charge in [0.15, 0.2) is 0 Å². The van der Waals surface area contributed by atoms with Crippen molar-refractivity contribution in [1.29, 1.82) is 0 Å². The topological polar surface area (TPSA) is 13.1 Å². The third kappa shape index (κ3) is 3.58. The predicted molar refractivity (Wildman–Crippen MR) is 183 cm³/mol. The van der Waals surface area contributed by atoms with Crippen LogP contribution in [0.1, 0.15) is 6.85 Å². The van der Waals surface area contributed by atoms with Gasteiger partial charge in [-0.05, 0) is 66.2 Å². The van der Waals surface area contributed by atoms with E-state index in [2.05, 4.69) is 78.9 Å². The van der Waals surface area contributed by atoms with Gasteiger partial charge in [0.05, 0.1) is 6.85 Å². The lowest BCUT2D eigenvalue weighted by molar-refractivity contribution is 0.670. The summed E-state index contributed by atoms with van der Waals surface area (Å²) in [5, 5.41) is 7.80. The molecule has 1 heterocycles. The maximum Gasteiger partial charge on any atom is 0.143 e. The van der Waals surface area contributed by atoms with Crippen molar-refractivity contribution >= 4 is 54.3 Å². The summed E-state index contributed by atoms with van der Waals surface area (Å²) in [5.74, 6) is 0. The number of benzene rings is 8. The van der Waals surface area contributed by atoms with Gasteiger partial charge in [0.25, 0.3) is 0 Å². The van der Waals surface area contributed by atoms with Crippen LogP contribution in [0.4, 0.5) is 0 Å². The molecule has 0 saturated heterocycles. The zero-order chi connectivity index (χ0) is 32.7.